The molecule has 190 valence electrons. The van der Waals surface area contributed by atoms with Crippen molar-refractivity contribution < 1.29 is 9.84 Å². The fraction of sp³-hybridized carbons (Fsp3) is 0.600. The van der Waals surface area contributed by atoms with Crippen molar-refractivity contribution in [2.45, 2.75) is 51.7 Å². The summed E-state index contributed by atoms with van der Waals surface area (Å²) in [5.41, 5.74) is 3.26. The van der Waals surface area contributed by atoms with Gasteiger partial charge in [-0.15, -0.1) is 5.10 Å². The third-order valence-electron chi connectivity index (χ3n) is 7.19. The van der Waals surface area contributed by atoms with Gasteiger partial charge in [-0.2, -0.15) is 0 Å². The highest BCUT2D eigenvalue weighted by molar-refractivity contribution is 5.82. The van der Waals surface area contributed by atoms with E-state index in [1.54, 1.807) is 7.11 Å². The number of aliphatic hydroxyl groups excluding tert-OH is 1. The maximum Gasteiger partial charge on any atom is 0.252 e. The van der Waals surface area contributed by atoms with Gasteiger partial charge < -0.3 is 19.7 Å². The molecule has 0 aliphatic carbocycles. The largest absolute Gasteiger partial charge is 0.396 e. The summed E-state index contributed by atoms with van der Waals surface area (Å²) in [6, 6.07) is 6.20. The molecule has 35 heavy (non-hydrogen) atoms. The Kier molecular flexibility index (Phi) is 7.95. The summed E-state index contributed by atoms with van der Waals surface area (Å²) in [4.78, 5) is 20.9. The lowest BCUT2D eigenvalue weighted by Crippen LogP contribution is -2.54. The lowest BCUT2D eigenvalue weighted by atomic mass is 9.84. The van der Waals surface area contributed by atoms with Gasteiger partial charge in [0.25, 0.3) is 5.56 Å². The van der Waals surface area contributed by atoms with Crippen LogP contribution in [0.4, 0.5) is 0 Å². The molecule has 3 aromatic rings. The van der Waals surface area contributed by atoms with E-state index < -0.39 is 5.54 Å². The second kappa shape index (κ2) is 10.9. The van der Waals surface area contributed by atoms with Gasteiger partial charge in [0.15, 0.2) is 5.82 Å². The van der Waals surface area contributed by atoms with Crippen LogP contribution in [0.2, 0.25) is 0 Å². The predicted octanol–water partition coefficient (Wildman–Crippen LogP) is 1.58. The molecule has 10 heteroatoms. The van der Waals surface area contributed by atoms with Gasteiger partial charge in [0.05, 0.1) is 24.2 Å². The van der Waals surface area contributed by atoms with E-state index >= 15 is 0 Å². The van der Waals surface area contributed by atoms with Gasteiger partial charge in [0, 0.05) is 45.5 Å². The van der Waals surface area contributed by atoms with Crippen LogP contribution in [-0.4, -0.2) is 87.1 Å². The van der Waals surface area contributed by atoms with Crippen molar-refractivity contribution in [2.24, 2.45) is 0 Å². The Morgan fingerprint density at radius 1 is 1.23 bits per heavy atom. The fourth-order valence-corrected chi connectivity index (χ4v) is 5.30. The van der Waals surface area contributed by atoms with Gasteiger partial charge in [0.2, 0.25) is 0 Å². The number of nitrogens with one attached hydrogen (secondary N) is 1. The van der Waals surface area contributed by atoms with Crippen molar-refractivity contribution in [3.05, 3.63) is 51.1 Å². The minimum absolute atomic E-state index is 0.0769. The highest BCUT2D eigenvalue weighted by atomic mass is 16.5. The first kappa shape index (κ1) is 25.4. The summed E-state index contributed by atoms with van der Waals surface area (Å²) in [5.74, 6) is 0.796. The molecular formula is C25H37N7O3. The highest BCUT2D eigenvalue weighted by Crippen LogP contribution is 2.38. The van der Waals surface area contributed by atoms with E-state index in [0.29, 0.717) is 38.2 Å². The number of H-pyrrole nitrogens is 1. The molecule has 1 aliphatic heterocycles. The van der Waals surface area contributed by atoms with Crippen LogP contribution in [-0.2, 0) is 23.4 Å². The number of pyridine rings is 1. The van der Waals surface area contributed by atoms with E-state index in [1.165, 1.54) is 0 Å². The first-order valence-electron chi connectivity index (χ1n) is 12.3. The zero-order valence-corrected chi connectivity index (χ0v) is 21.3. The topological polar surface area (TPSA) is 112 Å². The van der Waals surface area contributed by atoms with Crippen molar-refractivity contribution in [1.82, 2.24) is 35.0 Å². The summed E-state index contributed by atoms with van der Waals surface area (Å²) in [7, 11) is 3.78. The molecule has 1 aromatic carbocycles. The van der Waals surface area contributed by atoms with Crippen LogP contribution in [0.3, 0.4) is 0 Å². The molecule has 3 heterocycles. The molecule has 1 aliphatic rings. The van der Waals surface area contributed by atoms with E-state index in [0.717, 1.165) is 53.8 Å². The number of hydrogen-bond acceptors (Lipinski definition) is 8. The summed E-state index contributed by atoms with van der Waals surface area (Å²) in [6.45, 7) is 8.07. The molecule has 0 radical (unpaired) electrons. The molecule has 10 nitrogen and oxygen atoms in total. The number of aliphatic hydroxyl groups is 1. The predicted molar refractivity (Wildman–Crippen MR) is 134 cm³/mol. The lowest BCUT2D eigenvalue weighted by Gasteiger charge is -2.47. The summed E-state index contributed by atoms with van der Waals surface area (Å²) in [5, 5.41) is 23.5. The molecule has 1 fully saturated rings. The maximum atomic E-state index is 13.2. The molecule has 2 aromatic heterocycles. The third-order valence-corrected chi connectivity index (χ3v) is 7.19. The van der Waals surface area contributed by atoms with Crippen LogP contribution in [0.25, 0.3) is 10.9 Å². The van der Waals surface area contributed by atoms with Crippen LogP contribution in [0, 0.1) is 13.8 Å². The van der Waals surface area contributed by atoms with Gasteiger partial charge in [-0.05, 0) is 73.7 Å². The van der Waals surface area contributed by atoms with E-state index in [1.807, 2.05) is 17.7 Å². The molecule has 0 amide bonds. The van der Waals surface area contributed by atoms with Crippen molar-refractivity contribution in [3.8, 4) is 0 Å². The molecule has 2 N–H and O–H groups in total. The van der Waals surface area contributed by atoms with Crippen LogP contribution >= 0.6 is 0 Å². The average Bonchev–Trinajstić information content (AvgIpc) is 3.31. The second-order valence-corrected chi connectivity index (χ2v) is 9.72. The number of methoxy groups -OCH3 is 1. The Morgan fingerprint density at radius 2 is 2.00 bits per heavy atom. The monoisotopic (exact) mass is 483 g/mol. The number of ether oxygens (including phenoxy) is 1. The van der Waals surface area contributed by atoms with Gasteiger partial charge in [0.1, 0.15) is 0 Å². The number of aromatic amines is 1. The molecular weight excluding hydrogens is 446 g/mol. The number of hydrogen-bond donors (Lipinski definition) is 2. The Balaban J connectivity index is 1.78. The molecule has 4 rings (SSSR count). The van der Waals surface area contributed by atoms with Gasteiger partial charge >= 0.3 is 0 Å². The molecule has 0 saturated carbocycles. The SMILES string of the molecule is COCCn1nnnc1C1(N(CCCO)Cc2cc3cc(C)cc(C)c3[nH]c2=O)CCN(C)CC1. The van der Waals surface area contributed by atoms with Gasteiger partial charge in [-0.25, -0.2) is 4.68 Å². The normalized spacial score (nSPS) is 16.4. The van der Waals surface area contributed by atoms with Crippen LogP contribution < -0.4 is 5.56 Å². The number of aromatic nitrogens is 5. The number of fused-ring (bicyclic) bond motifs is 1. The summed E-state index contributed by atoms with van der Waals surface area (Å²) >= 11 is 0. The Hall–Kier alpha value is -2.66. The van der Waals surface area contributed by atoms with Crippen molar-refractivity contribution >= 4 is 10.9 Å². The van der Waals surface area contributed by atoms with E-state index in [4.69, 9.17) is 4.74 Å². The number of aryl methyl sites for hydroxylation is 2. The standard InChI is InChI=1S/C25H37N7O3/c1-18-14-19(2)22-20(15-18)16-21(23(34)26-22)17-31(8-5-12-33)25(6-9-30(3)10-7-25)24-27-28-29-32(24)11-13-35-4/h14-16,33H,5-13,17H2,1-4H3,(H,26,34). The summed E-state index contributed by atoms with van der Waals surface area (Å²) in [6.07, 6.45) is 2.25. The van der Waals surface area contributed by atoms with Crippen LogP contribution in [0.15, 0.2) is 23.0 Å². The Bertz CT molecular complexity index is 1200. The average molecular weight is 484 g/mol. The van der Waals surface area contributed by atoms with Gasteiger partial charge in [-0.3, -0.25) is 9.69 Å². The lowest BCUT2D eigenvalue weighted by molar-refractivity contribution is 0.00235. The molecule has 1 saturated heterocycles. The number of benzene rings is 1. The van der Waals surface area contributed by atoms with Crippen molar-refractivity contribution in [3.63, 3.8) is 0 Å². The third kappa shape index (κ3) is 5.30. The summed E-state index contributed by atoms with van der Waals surface area (Å²) < 4.78 is 7.12. The first-order valence-corrected chi connectivity index (χ1v) is 12.3. The van der Waals surface area contributed by atoms with E-state index in [9.17, 15) is 9.90 Å². The van der Waals surface area contributed by atoms with Crippen molar-refractivity contribution in [2.75, 3.05) is 47.0 Å². The maximum absolute atomic E-state index is 13.2. The Morgan fingerprint density at radius 3 is 2.71 bits per heavy atom. The van der Waals surface area contributed by atoms with Crippen LogP contribution in [0.1, 0.15) is 41.8 Å². The number of likely N-dealkylation sites (tertiary alicyclic amines) is 1. The van der Waals surface area contributed by atoms with Crippen LogP contribution in [0.5, 0.6) is 0 Å². The second-order valence-electron chi connectivity index (χ2n) is 9.72. The zero-order valence-electron chi connectivity index (χ0n) is 21.3. The quantitative estimate of drug-likeness (QED) is 0.447. The van der Waals surface area contributed by atoms with Gasteiger partial charge in [-0.1, -0.05) is 11.6 Å². The first-order chi connectivity index (χ1) is 16.9. The molecule has 0 spiro atoms. The van der Waals surface area contributed by atoms with E-state index in [2.05, 4.69) is 56.4 Å². The fourth-order valence-electron chi connectivity index (χ4n) is 5.30. The van der Waals surface area contributed by atoms with E-state index in [-0.39, 0.29) is 12.2 Å². The zero-order chi connectivity index (χ0) is 25.0. The highest BCUT2D eigenvalue weighted by Gasteiger charge is 2.45. The number of rotatable bonds is 10. The molecule has 0 unspecified atom stereocenters. The molecule has 0 atom stereocenters. The number of tetrazole rings is 1. The minimum atomic E-state index is -0.456. The number of nitrogens with zero attached hydrogens (tertiary/aromatic N) is 6. The Labute approximate surface area is 205 Å². The minimum Gasteiger partial charge on any atom is -0.396 e. The van der Waals surface area contributed by atoms with Crippen molar-refractivity contribution in [1.29, 1.82) is 0 Å². The smallest absolute Gasteiger partial charge is 0.252 e. The molecule has 0 bridgehead atoms. The number of piperidine rings is 1.